The summed E-state index contributed by atoms with van der Waals surface area (Å²) in [6.07, 6.45) is 1.33. The van der Waals surface area contributed by atoms with Crippen molar-refractivity contribution >= 4 is 0 Å². The Morgan fingerprint density at radius 3 is 0.811 bits per heavy atom. The van der Waals surface area contributed by atoms with Gasteiger partial charge in [-0.15, -0.1) is 0 Å². The van der Waals surface area contributed by atoms with E-state index in [1.54, 1.807) is 0 Å². The van der Waals surface area contributed by atoms with Crippen molar-refractivity contribution in [1.82, 2.24) is 58.8 Å². The number of likely N-dealkylation sites (tertiary alicyclic amines) is 4. The highest BCUT2D eigenvalue weighted by molar-refractivity contribution is 4.98. The monoisotopic (exact) mass is 751 g/mol. The average Bonchev–Trinajstić information content (AvgIpc) is 3.51. The summed E-state index contributed by atoms with van der Waals surface area (Å²) in [5.74, 6) is 2.00. The van der Waals surface area contributed by atoms with Crippen LogP contribution in [-0.4, -0.2) is 298 Å². The van der Waals surface area contributed by atoms with Crippen molar-refractivity contribution in [3.63, 3.8) is 0 Å². The van der Waals surface area contributed by atoms with Gasteiger partial charge in [0.15, 0.2) is 0 Å². The number of hydrogen-bond donors (Lipinski definition) is 0. The summed E-state index contributed by atoms with van der Waals surface area (Å²) in [5.41, 5.74) is 0. The van der Waals surface area contributed by atoms with Crippen LogP contribution in [0, 0.1) is 11.8 Å². The van der Waals surface area contributed by atoms with Gasteiger partial charge in [0.1, 0.15) is 0 Å². The van der Waals surface area contributed by atoms with E-state index in [9.17, 15) is 0 Å². The Kier molecular flexibility index (Phi) is 21.0. The van der Waals surface area contributed by atoms with Crippen molar-refractivity contribution in [2.24, 2.45) is 11.8 Å². The van der Waals surface area contributed by atoms with E-state index in [0.29, 0.717) is 0 Å². The number of fused-ring (bicyclic) bond motifs is 2. The molecular weight excluding hydrogens is 661 g/mol. The van der Waals surface area contributed by atoms with Crippen molar-refractivity contribution in [3.8, 4) is 0 Å². The Bertz CT molecular complexity index is 880. The van der Waals surface area contributed by atoms with Crippen molar-refractivity contribution in [3.05, 3.63) is 0 Å². The van der Waals surface area contributed by atoms with E-state index in [-0.39, 0.29) is 0 Å². The maximum Gasteiger partial charge on any atom is 0.0272 e. The highest BCUT2D eigenvalue weighted by Gasteiger charge is 2.42. The molecule has 0 N–H and O–H groups in total. The van der Waals surface area contributed by atoms with E-state index in [1.165, 1.54) is 137 Å². The van der Waals surface area contributed by atoms with Gasteiger partial charge >= 0.3 is 0 Å². The lowest BCUT2D eigenvalue weighted by Gasteiger charge is -2.40. The van der Waals surface area contributed by atoms with Crippen LogP contribution in [0.2, 0.25) is 0 Å². The second-order valence-corrected chi connectivity index (χ2v) is 18.7. The van der Waals surface area contributed by atoms with Crippen LogP contribution in [0.5, 0.6) is 0 Å². The van der Waals surface area contributed by atoms with E-state index in [2.05, 4.69) is 157 Å². The zero-order valence-corrected chi connectivity index (χ0v) is 37.7. The summed E-state index contributed by atoms with van der Waals surface area (Å²) < 4.78 is 0. The number of rotatable bonds is 0. The maximum atomic E-state index is 2.45. The highest BCUT2D eigenvalue weighted by Crippen LogP contribution is 2.30. The molecule has 53 heavy (non-hydrogen) atoms. The quantitative estimate of drug-likeness (QED) is 0.344. The first-order valence-corrected chi connectivity index (χ1v) is 21.3. The summed E-state index contributed by atoms with van der Waals surface area (Å²) in [6, 6.07) is 3.28. The average molecular weight is 751 g/mol. The molecule has 0 saturated carbocycles. The van der Waals surface area contributed by atoms with E-state index < -0.39 is 0 Å². The molecule has 8 heterocycles. The SMILES string of the molecule is CN1CCCN(C)CC1.CN1CCN(C)CC1.CN1C[C@H]2CN(C)[C@H]2C1.CN1C[C@H]2CN(C)[C@H]2C1.C[C@@H]1CN(C)CCN1C.C[C@H]1CN(C)CCN1C. The first-order chi connectivity index (χ1) is 25.0. The van der Waals surface area contributed by atoms with Crippen molar-refractivity contribution < 1.29 is 0 Å². The van der Waals surface area contributed by atoms with E-state index >= 15 is 0 Å². The van der Waals surface area contributed by atoms with Crippen LogP contribution in [0.25, 0.3) is 0 Å². The first-order valence-electron chi connectivity index (χ1n) is 21.3. The van der Waals surface area contributed by atoms with Gasteiger partial charge in [-0.25, -0.2) is 0 Å². The zero-order chi connectivity index (χ0) is 39.2. The van der Waals surface area contributed by atoms with Crippen LogP contribution in [0.15, 0.2) is 0 Å². The van der Waals surface area contributed by atoms with Crippen LogP contribution >= 0.6 is 0 Å². The minimum atomic E-state index is 0.740. The molecule has 8 aliphatic rings. The lowest BCUT2D eigenvalue weighted by Crippen LogP contribution is -2.52. The van der Waals surface area contributed by atoms with Gasteiger partial charge in [-0.2, -0.15) is 0 Å². The van der Waals surface area contributed by atoms with Gasteiger partial charge in [-0.3, -0.25) is 0 Å². The Morgan fingerprint density at radius 2 is 0.566 bits per heavy atom. The minimum absolute atomic E-state index is 0.740. The molecule has 0 bridgehead atoms. The van der Waals surface area contributed by atoms with Gasteiger partial charge in [0, 0.05) is 154 Å². The molecule has 0 spiro atoms. The molecule has 314 valence electrons. The molecule has 8 fully saturated rings. The summed E-state index contributed by atoms with van der Waals surface area (Å²) in [5, 5.41) is 0. The van der Waals surface area contributed by atoms with E-state index in [1.807, 2.05) is 0 Å². The lowest BCUT2D eigenvalue weighted by atomic mass is 9.93. The Balaban J connectivity index is 0.000000171. The summed E-state index contributed by atoms with van der Waals surface area (Å²) in [6.45, 7) is 29.7. The predicted octanol–water partition coefficient (Wildman–Crippen LogP) is 0.345. The van der Waals surface area contributed by atoms with Gasteiger partial charge in [0.2, 0.25) is 0 Å². The van der Waals surface area contributed by atoms with Crippen molar-refractivity contribution in [2.75, 3.05) is 215 Å². The van der Waals surface area contributed by atoms with Crippen LogP contribution in [0.3, 0.4) is 0 Å². The van der Waals surface area contributed by atoms with Crippen molar-refractivity contribution in [1.29, 1.82) is 0 Å². The molecule has 0 amide bonds. The normalized spacial score (nSPS) is 34.8. The maximum absolute atomic E-state index is 2.45. The largest absolute Gasteiger partial charge is 0.305 e. The van der Waals surface area contributed by atoms with Crippen LogP contribution in [-0.2, 0) is 0 Å². The Hall–Kier alpha value is -0.480. The summed E-state index contributed by atoms with van der Waals surface area (Å²) in [4.78, 5) is 28.8. The van der Waals surface area contributed by atoms with Gasteiger partial charge in [-0.1, -0.05) is 0 Å². The molecule has 8 saturated heterocycles. The fourth-order valence-electron chi connectivity index (χ4n) is 8.77. The Morgan fingerprint density at radius 1 is 0.264 bits per heavy atom. The molecule has 6 atom stereocenters. The van der Waals surface area contributed by atoms with E-state index in [0.717, 1.165) is 36.0 Å². The minimum Gasteiger partial charge on any atom is -0.305 e. The summed E-state index contributed by atoms with van der Waals surface area (Å²) in [7, 11) is 26.4. The second-order valence-electron chi connectivity index (χ2n) is 18.7. The van der Waals surface area contributed by atoms with Gasteiger partial charge < -0.3 is 58.8 Å². The van der Waals surface area contributed by atoms with Gasteiger partial charge in [-0.05, 0) is 118 Å². The fourth-order valence-corrected chi connectivity index (χ4v) is 8.77. The standard InChI is InChI=1S/2C7H14N2.3C7H16N2.C6H14N2/c2*1-8-3-6-4-9(2)7(6)5-8;2*1-7-6-8(2)4-5-9(7)3;1-8-4-3-5-9(2)7-6-8;1-7-3-5-8(2)6-4-7/h2*6-7H,3-5H2,1-2H3;2*7H,4-6H2,1-3H3;3-7H2,1-2H3;3-6H2,1-2H3/t2*6-,7-;2*7-;;/m0010../s1. The zero-order valence-electron chi connectivity index (χ0n) is 37.7. The molecule has 8 rings (SSSR count). The Labute approximate surface area is 329 Å². The molecule has 0 aromatic rings. The highest BCUT2D eigenvalue weighted by atomic mass is 15.3. The molecule has 0 aliphatic carbocycles. The van der Waals surface area contributed by atoms with Crippen LogP contribution < -0.4 is 0 Å². The number of likely N-dealkylation sites (N-methyl/N-ethyl adjacent to an activating group) is 12. The smallest absolute Gasteiger partial charge is 0.0272 e. The van der Waals surface area contributed by atoms with Gasteiger partial charge in [0.05, 0.1) is 0 Å². The molecule has 0 radical (unpaired) electrons. The van der Waals surface area contributed by atoms with Gasteiger partial charge in [0.25, 0.3) is 0 Å². The fraction of sp³-hybridized carbons (Fsp3) is 1.00. The molecular formula is C41H90N12. The molecule has 8 aliphatic heterocycles. The van der Waals surface area contributed by atoms with Crippen LogP contribution in [0.4, 0.5) is 0 Å². The van der Waals surface area contributed by atoms with Crippen LogP contribution in [0.1, 0.15) is 20.3 Å². The van der Waals surface area contributed by atoms with E-state index in [4.69, 9.17) is 0 Å². The summed E-state index contributed by atoms with van der Waals surface area (Å²) >= 11 is 0. The number of hydrogen-bond acceptors (Lipinski definition) is 12. The molecule has 0 unspecified atom stereocenters. The first kappa shape index (κ1) is 46.9. The van der Waals surface area contributed by atoms with Crippen molar-refractivity contribution in [2.45, 2.75) is 44.4 Å². The number of nitrogens with zero attached hydrogens (tertiary/aromatic N) is 12. The molecule has 12 heteroatoms. The lowest BCUT2D eigenvalue weighted by molar-refractivity contribution is 0.0826. The third kappa shape index (κ3) is 16.9. The topological polar surface area (TPSA) is 38.9 Å². The molecule has 12 nitrogen and oxygen atoms in total. The predicted molar refractivity (Wildman–Crippen MR) is 229 cm³/mol. The third-order valence-corrected chi connectivity index (χ3v) is 13.4. The second kappa shape index (κ2) is 23.7. The third-order valence-electron chi connectivity index (χ3n) is 13.4. The molecule has 0 aromatic carbocycles. The number of piperazine rings is 3. The molecule has 0 aromatic heterocycles.